The number of carboxylic acid groups (broad SMARTS) is 1. The predicted octanol–water partition coefficient (Wildman–Crippen LogP) is -0.566. The summed E-state index contributed by atoms with van der Waals surface area (Å²) in [7, 11) is -8.30. The number of hydrogen-bond acceptors (Lipinski definition) is 12. The Bertz CT molecular complexity index is 1400. The fourth-order valence-electron chi connectivity index (χ4n) is 3.76. The highest BCUT2D eigenvalue weighted by molar-refractivity contribution is 7.89. The molecule has 3 rings (SSSR count). The second-order valence-electron chi connectivity index (χ2n) is 8.56. The Morgan fingerprint density at radius 1 is 1.23 bits per heavy atom. The molecule has 1 unspecified atom stereocenters. The molecule has 0 aliphatic carbocycles. The SMILES string of the molecule is CS(=O)(=O)O.Cc1noc(C)c1S(=O)(=O)N(C(=O)C[C@H]1CC(c2ccc(C(=N)N)cc2)NO1)[C@@H](CN)C(=O)O. The van der Waals surface area contributed by atoms with Crippen molar-refractivity contribution < 1.29 is 45.4 Å². The van der Waals surface area contributed by atoms with Gasteiger partial charge in [0.1, 0.15) is 11.5 Å². The first-order chi connectivity index (χ1) is 18.0. The Labute approximate surface area is 224 Å². The van der Waals surface area contributed by atoms with E-state index in [1.54, 1.807) is 24.3 Å². The molecule has 1 aromatic heterocycles. The molecule has 8 N–H and O–H groups in total. The second-order valence-corrected chi connectivity index (χ2v) is 11.8. The number of aryl methyl sites for hydroxylation is 2. The molecule has 1 aliphatic rings. The number of carbonyl (C=O) groups is 2. The molecule has 1 amide bonds. The van der Waals surface area contributed by atoms with Crippen molar-refractivity contribution >= 4 is 37.9 Å². The molecule has 1 aromatic carbocycles. The quantitative estimate of drug-likeness (QED) is 0.121. The van der Waals surface area contributed by atoms with Gasteiger partial charge in [-0.3, -0.25) is 19.6 Å². The number of benzene rings is 1. The van der Waals surface area contributed by atoms with Crippen molar-refractivity contribution in [1.29, 1.82) is 5.41 Å². The Hall–Kier alpha value is -3.42. The van der Waals surface area contributed by atoms with Crippen molar-refractivity contribution in [2.24, 2.45) is 11.5 Å². The minimum Gasteiger partial charge on any atom is -0.480 e. The molecular weight excluding hydrogens is 560 g/mol. The molecule has 39 heavy (non-hydrogen) atoms. The molecule has 2 aromatic rings. The van der Waals surface area contributed by atoms with Crippen LogP contribution in [0.1, 0.15) is 41.5 Å². The molecule has 216 valence electrons. The number of rotatable bonds is 9. The molecule has 1 fully saturated rings. The summed E-state index contributed by atoms with van der Waals surface area (Å²) >= 11 is 0. The zero-order chi connectivity index (χ0) is 29.7. The molecule has 0 bridgehead atoms. The summed E-state index contributed by atoms with van der Waals surface area (Å²) in [5, 5.41) is 20.6. The number of sulfonamides is 1. The minimum absolute atomic E-state index is 0.00989. The number of nitrogen functional groups attached to an aromatic ring is 1. The van der Waals surface area contributed by atoms with E-state index in [9.17, 15) is 31.5 Å². The lowest BCUT2D eigenvalue weighted by Crippen LogP contribution is -2.52. The van der Waals surface area contributed by atoms with Gasteiger partial charge in [0.25, 0.3) is 20.1 Å². The number of hydroxylamine groups is 1. The molecule has 1 aliphatic heterocycles. The van der Waals surface area contributed by atoms with E-state index in [1.807, 2.05) is 0 Å². The number of hydrogen-bond donors (Lipinski definition) is 6. The van der Waals surface area contributed by atoms with E-state index in [0.29, 0.717) is 18.2 Å². The van der Waals surface area contributed by atoms with E-state index in [1.165, 1.54) is 13.8 Å². The molecule has 1 saturated heterocycles. The first kappa shape index (κ1) is 31.8. The third-order valence-corrected chi connectivity index (χ3v) is 7.50. The number of nitrogens with two attached hydrogens (primary N) is 2. The van der Waals surface area contributed by atoms with Crippen molar-refractivity contribution in [2.45, 2.75) is 49.8 Å². The lowest BCUT2D eigenvalue weighted by molar-refractivity contribution is -0.146. The third-order valence-electron chi connectivity index (χ3n) is 5.42. The highest BCUT2D eigenvalue weighted by Gasteiger charge is 2.43. The highest BCUT2D eigenvalue weighted by atomic mass is 32.2. The van der Waals surface area contributed by atoms with Crippen LogP contribution >= 0.6 is 0 Å². The summed E-state index contributed by atoms with van der Waals surface area (Å²) in [6.45, 7) is 2.09. The summed E-state index contributed by atoms with van der Waals surface area (Å²) in [4.78, 5) is 30.0. The Kier molecular flexibility index (Phi) is 10.3. The predicted molar refractivity (Wildman–Crippen MR) is 135 cm³/mol. The fraction of sp³-hybridized carbons (Fsp3) is 0.429. The Balaban J connectivity index is 0.000000976. The second kappa shape index (κ2) is 12.6. The normalized spacial score (nSPS) is 18.1. The van der Waals surface area contributed by atoms with Gasteiger partial charge >= 0.3 is 5.97 Å². The van der Waals surface area contributed by atoms with Gasteiger partial charge in [-0.25, -0.2) is 17.5 Å². The Morgan fingerprint density at radius 2 is 1.79 bits per heavy atom. The molecular formula is C21H30N6O10S2. The van der Waals surface area contributed by atoms with Crippen molar-refractivity contribution in [3.05, 3.63) is 46.8 Å². The zero-order valence-electron chi connectivity index (χ0n) is 21.2. The molecule has 16 nitrogen and oxygen atoms in total. The van der Waals surface area contributed by atoms with Gasteiger partial charge in [-0.1, -0.05) is 29.4 Å². The van der Waals surface area contributed by atoms with E-state index in [2.05, 4.69) is 10.6 Å². The summed E-state index contributed by atoms with van der Waals surface area (Å²) in [6.07, 6.45) is -0.126. The van der Waals surface area contributed by atoms with Gasteiger partial charge in [0, 0.05) is 12.1 Å². The minimum atomic E-state index is -4.64. The first-order valence-corrected chi connectivity index (χ1v) is 14.5. The molecule has 18 heteroatoms. The van der Waals surface area contributed by atoms with Gasteiger partial charge in [-0.05, 0) is 25.8 Å². The maximum Gasteiger partial charge on any atom is 0.328 e. The number of carbonyl (C=O) groups excluding carboxylic acids is 1. The van der Waals surface area contributed by atoms with Gasteiger partial charge in [-0.2, -0.15) is 13.9 Å². The summed E-state index contributed by atoms with van der Waals surface area (Å²) in [5.41, 5.74) is 15.1. The monoisotopic (exact) mass is 590 g/mol. The first-order valence-electron chi connectivity index (χ1n) is 11.2. The number of nitrogens with zero attached hydrogens (tertiary/aromatic N) is 2. The van der Waals surface area contributed by atoms with Crippen LogP contribution in [-0.4, -0.2) is 78.6 Å². The topological polar surface area (TPSA) is 269 Å². The van der Waals surface area contributed by atoms with Gasteiger partial charge < -0.3 is 21.1 Å². The third kappa shape index (κ3) is 8.28. The molecule has 3 atom stereocenters. The number of amides is 1. The van der Waals surface area contributed by atoms with Crippen LogP contribution in [0.25, 0.3) is 0 Å². The van der Waals surface area contributed by atoms with Gasteiger partial charge in [-0.15, -0.1) is 0 Å². The van der Waals surface area contributed by atoms with Gasteiger partial charge in [0.15, 0.2) is 16.7 Å². The fourth-order valence-corrected chi connectivity index (χ4v) is 5.62. The number of aromatic nitrogens is 1. The van der Waals surface area contributed by atoms with Crippen LogP contribution in [-0.2, 0) is 34.6 Å². The molecule has 0 spiro atoms. The highest BCUT2D eigenvalue weighted by Crippen LogP contribution is 2.30. The van der Waals surface area contributed by atoms with E-state index in [4.69, 9.17) is 30.8 Å². The summed E-state index contributed by atoms with van der Waals surface area (Å²) < 4.78 is 57.7. The Morgan fingerprint density at radius 3 is 2.23 bits per heavy atom. The van der Waals surface area contributed by atoms with E-state index < -0.39 is 57.1 Å². The van der Waals surface area contributed by atoms with Gasteiger partial charge in [0.05, 0.1) is 24.8 Å². The maximum atomic E-state index is 13.3. The molecule has 0 saturated carbocycles. The largest absolute Gasteiger partial charge is 0.480 e. The van der Waals surface area contributed by atoms with Crippen LogP contribution < -0.4 is 16.9 Å². The number of amidine groups is 1. The van der Waals surface area contributed by atoms with Crippen LogP contribution in [0.3, 0.4) is 0 Å². The van der Waals surface area contributed by atoms with E-state index in [0.717, 1.165) is 5.56 Å². The van der Waals surface area contributed by atoms with Crippen molar-refractivity contribution in [3.63, 3.8) is 0 Å². The number of carboxylic acids is 1. The van der Waals surface area contributed by atoms with E-state index >= 15 is 0 Å². The van der Waals surface area contributed by atoms with Crippen LogP contribution in [0.5, 0.6) is 0 Å². The molecule has 2 heterocycles. The lowest BCUT2D eigenvalue weighted by atomic mass is 9.99. The van der Waals surface area contributed by atoms with E-state index in [-0.39, 0.29) is 32.5 Å². The smallest absolute Gasteiger partial charge is 0.328 e. The van der Waals surface area contributed by atoms with Crippen LogP contribution in [0.2, 0.25) is 0 Å². The lowest BCUT2D eigenvalue weighted by Gasteiger charge is -2.28. The average Bonchev–Trinajstić information content (AvgIpc) is 3.41. The zero-order valence-corrected chi connectivity index (χ0v) is 22.8. The van der Waals surface area contributed by atoms with Crippen molar-refractivity contribution in [3.8, 4) is 0 Å². The molecule has 0 radical (unpaired) electrons. The van der Waals surface area contributed by atoms with Crippen LogP contribution in [0.15, 0.2) is 33.7 Å². The maximum absolute atomic E-state index is 13.3. The van der Waals surface area contributed by atoms with Crippen LogP contribution in [0.4, 0.5) is 0 Å². The number of aliphatic carboxylic acids is 1. The number of nitrogens with one attached hydrogen (secondary N) is 2. The standard InChI is InChI=1S/C20H26N6O7S.CH4O3S/c1-10-18(11(2)32-24-10)34(30,31)26(16(9-21)20(28)29)17(27)8-14-7-15(25-33-14)12-3-5-13(6-4-12)19(22)23;1-5(2,3)4/h3-6,14-16,25H,7-9,21H2,1-2H3,(H3,22,23)(H,28,29);1H3,(H,2,3,4)/t14-,15?,16+;/m1./s1. The summed E-state index contributed by atoms with van der Waals surface area (Å²) in [5.74, 6) is -2.71. The van der Waals surface area contributed by atoms with Crippen molar-refractivity contribution in [2.75, 3.05) is 12.8 Å². The summed E-state index contributed by atoms with van der Waals surface area (Å²) in [6, 6.07) is 4.73. The van der Waals surface area contributed by atoms with Crippen LogP contribution in [0, 0.1) is 19.3 Å². The average molecular weight is 591 g/mol. The van der Waals surface area contributed by atoms with Crippen molar-refractivity contribution in [1.82, 2.24) is 14.9 Å². The van der Waals surface area contributed by atoms with Gasteiger partial charge in [0.2, 0.25) is 5.91 Å².